The Balaban J connectivity index is 2.33. The summed E-state index contributed by atoms with van der Waals surface area (Å²) >= 11 is 3.53. The summed E-state index contributed by atoms with van der Waals surface area (Å²) in [7, 11) is 0. The summed E-state index contributed by atoms with van der Waals surface area (Å²) in [6, 6.07) is 11.5. The Morgan fingerprint density at radius 1 is 1.10 bits per heavy atom. The molecule has 0 bridgehead atoms. The molecule has 4 heteroatoms. The number of aromatic nitrogens is 1. The van der Waals surface area contributed by atoms with Crippen LogP contribution in [-0.4, -0.2) is 4.98 Å². The second-order valence-corrected chi connectivity index (χ2v) is 5.77. The lowest BCUT2D eigenvalue weighted by molar-refractivity contribution is 0.573. The van der Waals surface area contributed by atoms with E-state index < -0.39 is 0 Å². The fourth-order valence-electron chi connectivity index (χ4n) is 2.62. The Morgan fingerprint density at radius 2 is 1.85 bits per heavy atom. The largest absolute Gasteiger partial charge is 0.420 e. The summed E-state index contributed by atoms with van der Waals surface area (Å²) in [4.78, 5) is 15.4. The van der Waals surface area contributed by atoms with Gasteiger partial charge in [-0.1, -0.05) is 34.1 Å². The predicted octanol–water partition coefficient (Wildman–Crippen LogP) is 4.50. The number of hydrogen-bond acceptors (Lipinski definition) is 2. The van der Waals surface area contributed by atoms with Gasteiger partial charge in [-0.3, -0.25) is 0 Å². The molecule has 2 heterocycles. The molecule has 0 aliphatic carbocycles. The molecule has 3 nitrogen and oxygen atoms in total. The highest BCUT2D eigenvalue weighted by atomic mass is 79.9. The summed E-state index contributed by atoms with van der Waals surface area (Å²) in [5.41, 5.74) is 3.26. The number of aryl methyl sites for hydroxylation is 1. The van der Waals surface area contributed by atoms with Crippen molar-refractivity contribution in [2.75, 3.05) is 0 Å². The van der Waals surface area contributed by atoms with E-state index in [0.29, 0.717) is 11.0 Å². The number of benzene rings is 2. The van der Waals surface area contributed by atoms with Crippen LogP contribution in [0, 0.1) is 6.92 Å². The van der Waals surface area contributed by atoms with Crippen molar-refractivity contribution in [3.8, 4) is 0 Å². The van der Waals surface area contributed by atoms with Crippen LogP contribution in [0.1, 0.15) is 5.56 Å². The molecule has 4 aromatic rings. The van der Waals surface area contributed by atoms with Crippen LogP contribution in [-0.2, 0) is 0 Å². The summed E-state index contributed by atoms with van der Waals surface area (Å²) in [5.74, 6) is 0. The monoisotopic (exact) mass is 327 g/mol. The zero-order valence-electron chi connectivity index (χ0n) is 10.7. The number of hydrogen-bond donors (Lipinski definition) is 1. The van der Waals surface area contributed by atoms with Crippen LogP contribution in [0.2, 0.25) is 0 Å². The van der Waals surface area contributed by atoms with Crippen LogP contribution in [0.25, 0.3) is 32.8 Å². The van der Waals surface area contributed by atoms with Crippen LogP contribution >= 0.6 is 15.9 Å². The van der Waals surface area contributed by atoms with E-state index in [0.717, 1.165) is 31.8 Å². The van der Waals surface area contributed by atoms with Gasteiger partial charge in [0.15, 0.2) is 5.58 Å². The minimum absolute atomic E-state index is 0.297. The molecule has 0 atom stereocenters. The third-order valence-corrected chi connectivity index (χ3v) is 4.50. The lowest BCUT2D eigenvalue weighted by atomic mass is 10.1. The topological polar surface area (TPSA) is 46.0 Å². The third-order valence-electron chi connectivity index (χ3n) is 3.64. The highest BCUT2D eigenvalue weighted by Crippen LogP contribution is 2.32. The lowest BCUT2D eigenvalue weighted by Crippen LogP contribution is -1.98. The molecular formula is C16H10BrNO2. The molecule has 0 amide bonds. The molecule has 0 unspecified atom stereocenters. The maximum absolute atomic E-state index is 12.1. The first-order chi connectivity index (χ1) is 9.65. The quantitative estimate of drug-likeness (QED) is 0.517. The van der Waals surface area contributed by atoms with E-state index in [4.69, 9.17) is 4.42 Å². The highest BCUT2D eigenvalue weighted by Gasteiger charge is 2.13. The number of aromatic amines is 1. The lowest BCUT2D eigenvalue weighted by Gasteiger charge is -1.98. The van der Waals surface area contributed by atoms with Crippen LogP contribution in [0.3, 0.4) is 0 Å². The average Bonchev–Trinajstić information content (AvgIpc) is 2.78. The molecule has 2 aromatic heterocycles. The van der Waals surface area contributed by atoms with Gasteiger partial charge in [-0.25, -0.2) is 4.79 Å². The minimum Gasteiger partial charge on any atom is -0.420 e. The molecule has 0 spiro atoms. The molecule has 1 N–H and O–H groups in total. The van der Waals surface area contributed by atoms with Gasteiger partial charge in [-0.15, -0.1) is 0 Å². The minimum atomic E-state index is -0.297. The standard InChI is InChI=1S/C16H10BrNO2/c1-8-6-11-13(7-12(8)17)18-14-9-4-2-3-5-10(9)16(19)20-15(11)14/h2-7,18H,1H3. The van der Waals surface area contributed by atoms with Crippen molar-refractivity contribution in [1.82, 2.24) is 4.98 Å². The Morgan fingerprint density at radius 3 is 2.65 bits per heavy atom. The molecule has 2 aromatic carbocycles. The second kappa shape index (κ2) is 3.96. The molecule has 0 aliphatic rings. The smallest absolute Gasteiger partial charge is 0.344 e. The highest BCUT2D eigenvalue weighted by molar-refractivity contribution is 9.10. The van der Waals surface area contributed by atoms with Gasteiger partial charge in [0, 0.05) is 15.2 Å². The number of fused-ring (bicyclic) bond motifs is 5. The third kappa shape index (κ3) is 1.48. The van der Waals surface area contributed by atoms with E-state index in [1.165, 1.54) is 0 Å². The van der Waals surface area contributed by atoms with E-state index in [1.807, 2.05) is 37.3 Å². The maximum atomic E-state index is 12.1. The van der Waals surface area contributed by atoms with E-state index in [9.17, 15) is 4.79 Å². The molecule has 0 fully saturated rings. The number of halogens is 1. The molecule has 20 heavy (non-hydrogen) atoms. The first-order valence-corrected chi connectivity index (χ1v) is 7.08. The Hall–Kier alpha value is -2.07. The molecule has 0 aliphatic heterocycles. The molecule has 0 radical (unpaired) electrons. The number of H-pyrrole nitrogens is 1. The first-order valence-electron chi connectivity index (χ1n) is 6.28. The fourth-order valence-corrected chi connectivity index (χ4v) is 2.96. The Labute approximate surface area is 122 Å². The zero-order chi connectivity index (χ0) is 13.9. The van der Waals surface area contributed by atoms with E-state index in [-0.39, 0.29) is 5.63 Å². The number of rotatable bonds is 0. The van der Waals surface area contributed by atoms with Crippen molar-refractivity contribution in [2.24, 2.45) is 0 Å². The molecule has 0 saturated heterocycles. The van der Waals surface area contributed by atoms with E-state index in [1.54, 1.807) is 6.07 Å². The van der Waals surface area contributed by atoms with Gasteiger partial charge in [0.1, 0.15) is 0 Å². The fraction of sp³-hybridized carbons (Fsp3) is 0.0625. The summed E-state index contributed by atoms with van der Waals surface area (Å²) in [6.07, 6.45) is 0. The first kappa shape index (κ1) is 11.7. The van der Waals surface area contributed by atoms with Gasteiger partial charge < -0.3 is 9.40 Å². The van der Waals surface area contributed by atoms with Crippen molar-refractivity contribution in [3.63, 3.8) is 0 Å². The molecule has 0 saturated carbocycles. The van der Waals surface area contributed by atoms with E-state index >= 15 is 0 Å². The predicted molar refractivity (Wildman–Crippen MR) is 84.3 cm³/mol. The molecule has 98 valence electrons. The average molecular weight is 328 g/mol. The van der Waals surface area contributed by atoms with Crippen molar-refractivity contribution >= 4 is 48.7 Å². The SMILES string of the molecule is Cc1cc2c(cc1Br)[nH]c1c3ccccc3c(=O)oc21. The van der Waals surface area contributed by atoms with Gasteiger partial charge >= 0.3 is 5.63 Å². The normalized spacial score (nSPS) is 11.7. The Bertz CT molecular complexity index is 1040. The van der Waals surface area contributed by atoms with Crippen molar-refractivity contribution in [2.45, 2.75) is 6.92 Å². The summed E-state index contributed by atoms with van der Waals surface area (Å²) in [5, 5.41) is 2.43. The molecular weight excluding hydrogens is 318 g/mol. The Kier molecular flexibility index (Phi) is 2.32. The van der Waals surface area contributed by atoms with Crippen LogP contribution in [0.4, 0.5) is 0 Å². The van der Waals surface area contributed by atoms with Crippen molar-refractivity contribution < 1.29 is 4.42 Å². The van der Waals surface area contributed by atoms with Crippen LogP contribution < -0.4 is 5.63 Å². The maximum Gasteiger partial charge on any atom is 0.344 e. The van der Waals surface area contributed by atoms with Crippen LogP contribution in [0.15, 0.2) is 50.1 Å². The van der Waals surface area contributed by atoms with Gasteiger partial charge in [-0.05, 0) is 30.7 Å². The van der Waals surface area contributed by atoms with Gasteiger partial charge in [0.25, 0.3) is 0 Å². The van der Waals surface area contributed by atoms with Gasteiger partial charge in [-0.2, -0.15) is 0 Å². The van der Waals surface area contributed by atoms with Crippen molar-refractivity contribution in [1.29, 1.82) is 0 Å². The van der Waals surface area contributed by atoms with Gasteiger partial charge in [0.2, 0.25) is 0 Å². The summed E-state index contributed by atoms with van der Waals surface area (Å²) < 4.78 is 6.55. The van der Waals surface area contributed by atoms with E-state index in [2.05, 4.69) is 20.9 Å². The second-order valence-electron chi connectivity index (χ2n) is 4.91. The zero-order valence-corrected chi connectivity index (χ0v) is 12.2. The van der Waals surface area contributed by atoms with Gasteiger partial charge in [0.05, 0.1) is 16.4 Å². The molecule has 4 rings (SSSR count). The summed E-state index contributed by atoms with van der Waals surface area (Å²) in [6.45, 7) is 2.02. The van der Waals surface area contributed by atoms with Crippen LogP contribution in [0.5, 0.6) is 0 Å². The van der Waals surface area contributed by atoms with Crippen molar-refractivity contribution in [3.05, 3.63) is 56.9 Å². The number of nitrogens with one attached hydrogen (secondary N) is 1.